The molecule has 3 aromatic rings. The molecule has 0 aliphatic heterocycles. The molecular formula is C14H9FN4O. The monoisotopic (exact) mass is 268 g/mol. The lowest BCUT2D eigenvalue weighted by Crippen LogP contribution is -2.14. The van der Waals surface area contributed by atoms with Crippen molar-refractivity contribution in [2.45, 2.75) is 0 Å². The molecule has 0 radical (unpaired) electrons. The second-order valence-electron chi connectivity index (χ2n) is 4.06. The third-order valence-electron chi connectivity index (χ3n) is 2.73. The summed E-state index contributed by atoms with van der Waals surface area (Å²) in [4.78, 5) is 23.7. The molecule has 0 spiro atoms. The van der Waals surface area contributed by atoms with Gasteiger partial charge in [-0.25, -0.2) is 4.98 Å². The molecule has 3 rings (SSSR count). The number of nitrogens with zero attached hydrogens (tertiary/aromatic N) is 3. The molecule has 20 heavy (non-hydrogen) atoms. The van der Waals surface area contributed by atoms with Gasteiger partial charge in [-0.2, -0.15) is 4.39 Å². The first kappa shape index (κ1) is 12.2. The summed E-state index contributed by atoms with van der Waals surface area (Å²) in [6.45, 7) is 0. The Kier molecular flexibility index (Phi) is 3.04. The van der Waals surface area contributed by atoms with Gasteiger partial charge in [0, 0.05) is 24.3 Å². The van der Waals surface area contributed by atoms with E-state index >= 15 is 0 Å². The second-order valence-corrected chi connectivity index (χ2v) is 4.06. The van der Waals surface area contributed by atoms with Crippen molar-refractivity contribution in [1.82, 2.24) is 15.0 Å². The quantitative estimate of drug-likeness (QED) is 0.725. The number of benzene rings is 1. The molecule has 98 valence electrons. The summed E-state index contributed by atoms with van der Waals surface area (Å²) >= 11 is 0. The number of fused-ring (bicyclic) bond motifs is 1. The highest BCUT2D eigenvalue weighted by Crippen LogP contribution is 2.16. The fourth-order valence-corrected chi connectivity index (χ4v) is 1.79. The molecule has 5 nitrogen and oxygen atoms in total. The molecule has 2 heterocycles. The van der Waals surface area contributed by atoms with E-state index in [0.717, 1.165) is 5.52 Å². The summed E-state index contributed by atoms with van der Waals surface area (Å²) in [6, 6.07) is 7.97. The van der Waals surface area contributed by atoms with Crippen molar-refractivity contribution in [3.63, 3.8) is 0 Å². The summed E-state index contributed by atoms with van der Waals surface area (Å²) in [7, 11) is 0. The van der Waals surface area contributed by atoms with Gasteiger partial charge in [0.1, 0.15) is 0 Å². The van der Waals surface area contributed by atoms with E-state index in [0.29, 0.717) is 11.2 Å². The Morgan fingerprint density at radius 3 is 2.60 bits per heavy atom. The number of anilines is 1. The highest BCUT2D eigenvalue weighted by atomic mass is 19.1. The van der Waals surface area contributed by atoms with Crippen molar-refractivity contribution >= 4 is 22.6 Å². The van der Waals surface area contributed by atoms with Gasteiger partial charge in [-0.3, -0.25) is 14.8 Å². The van der Waals surface area contributed by atoms with Gasteiger partial charge in [0.25, 0.3) is 5.91 Å². The number of pyridine rings is 1. The third-order valence-corrected chi connectivity index (χ3v) is 2.73. The first-order valence-corrected chi connectivity index (χ1v) is 5.87. The lowest BCUT2D eigenvalue weighted by atomic mass is 10.2. The molecular weight excluding hydrogens is 259 g/mol. The summed E-state index contributed by atoms with van der Waals surface area (Å²) in [6.07, 6.45) is 4.44. The predicted octanol–water partition coefficient (Wildman–Crippen LogP) is 2.42. The molecule has 0 aliphatic rings. The third kappa shape index (κ3) is 2.31. The zero-order valence-electron chi connectivity index (χ0n) is 10.2. The van der Waals surface area contributed by atoms with Gasteiger partial charge in [0.2, 0.25) is 5.95 Å². The molecule has 0 unspecified atom stereocenters. The van der Waals surface area contributed by atoms with E-state index < -0.39 is 11.9 Å². The van der Waals surface area contributed by atoms with E-state index in [1.54, 1.807) is 30.6 Å². The van der Waals surface area contributed by atoms with Crippen LogP contribution in [0.1, 0.15) is 10.4 Å². The highest BCUT2D eigenvalue weighted by Gasteiger charge is 2.12. The van der Waals surface area contributed by atoms with Crippen LogP contribution in [0.25, 0.3) is 11.0 Å². The van der Waals surface area contributed by atoms with E-state index in [1.165, 1.54) is 18.3 Å². The van der Waals surface area contributed by atoms with Crippen LogP contribution in [0.4, 0.5) is 10.1 Å². The Morgan fingerprint density at radius 2 is 1.80 bits per heavy atom. The van der Waals surface area contributed by atoms with Gasteiger partial charge in [-0.05, 0) is 30.3 Å². The Labute approximate surface area is 113 Å². The normalized spacial score (nSPS) is 10.4. The summed E-state index contributed by atoms with van der Waals surface area (Å²) in [5.41, 5.74) is 1.79. The van der Waals surface area contributed by atoms with Crippen molar-refractivity contribution in [2.75, 3.05) is 5.32 Å². The minimum atomic E-state index is -0.800. The van der Waals surface area contributed by atoms with Crippen LogP contribution in [0.3, 0.4) is 0 Å². The molecule has 1 N–H and O–H groups in total. The van der Waals surface area contributed by atoms with Crippen LogP contribution in [0.2, 0.25) is 0 Å². The zero-order chi connectivity index (χ0) is 13.9. The number of carbonyl (C=O) groups excluding carboxylic acids is 1. The molecule has 0 saturated carbocycles. The summed E-state index contributed by atoms with van der Waals surface area (Å²) < 4.78 is 13.4. The smallest absolute Gasteiger partial charge is 0.260 e. The Balaban J connectivity index is 1.89. The van der Waals surface area contributed by atoms with E-state index in [1.807, 2.05) is 0 Å². The SMILES string of the molecule is O=C(Nc1ccc2nccnc2c1)c1cccnc1F. The van der Waals surface area contributed by atoms with Crippen LogP contribution in [0.5, 0.6) is 0 Å². The van der Waals surface area contributed by atoms with E-state index in [-0.39, 0.29) is 5.56 Å². The molecule has 0 saturated heterocycles. The molecule has 2 aromatic heterocycles. The van der Waals surface area contributed by atoms with Crippen molar-refractivity contribution < 1.29 is 9.18 Å². The summed E-state index contributed by atoms with van der Waals surface area (Å²) in [5.74, 6) is -1.36. The number of nitrogens with one attached hydrogen (secondary N) is 1. The van der Waals surface area contributed by atoms with Crippen molar-refractivity contribution in [2.24, 2.45) is 0 Å². The van der Waals surface area contributed by atoms with Crippen molar-refractivity contribution in [3.8, 4) is 0 Å². The van der Waals surface area contributed by atoms with Crippen LogP contribution in [0.15, 0.2) is 48.9 Å². The molecule has 1 amide bonds. The zero-order valence-corrected chi connectivity index (χ0v) is 10.2. The average molecular weight is 268 g/mol. The first-order chi connectivity index (χ1) is 9.74. The van der Waals surface area contributed by atoms with Gasteiger partial charge in [0.15, 0.2) is 0 Å². The van der Waals surface area contributed by atoms with Crippen LogP contribution in [-0.4, -0.2) is 20.9 Å². The van der Waals surface area contributed by atoms with Crippen molar-refractivity contribution in [3.05, 3.63) is 60.4 Å². The number of amides is 1. The fraction of sp³-hybridized carbons (Fsp3) is 0. The molecule has 0 bridgehead atoms. The van der Waals surface area contributed by atoms with Crippen LogP contribution in [-0.2, 0) is 0 Å². The maximum atomic E-state index is 13.4. The van der Waals surface area contributed by atoms with Gasteiger partial charge in [-0.1, -0.05) is 0 Å². The van der Waals surface area contributed by atoms with Gasteiger partial charge >= 0.3 is 0 Å². The topological polar surface area (TPSA) is 67.8 Å². The van der Waals surface area contributed by atoms with E-state index in [9.17, 15) is 9.18 Å². The molecule has 1 aromatic carbocycles. The number of rotatable bonds is 2. The Hall–Kier alpha value is -2.89. The highest BCUT2D eigenvalue weighted by molar-refractivity contribution is 6.04. The first-order valence-electron chi connectivity index (χ1n) is 5.87. The van der Waals surface area contributed by atoms with E-state index in [4.69, 9.17) is 0 Å². The van der Waals surface area contributed by atoms with Crippen LogP contribution >= 0.6 is 0 Å². The van der Waals surface area contributed by atoms with Crippen LogP contribution < -0.4 is 5.32 Å². The van der Waals surface area contributed by atoms with Gasteiger partial charge < -0.3 is 5.32 Å². The van der Waals surface area contributed by atoms with Crippen molar-refractivity contribution in [1.29, 1.82) is 0 Å². The average Bonchev–Trinajstić information content (AvgIpc) is 2.47. The fourth-order valence-electron chi connectivity index (χ4n) is 1.79. The number of carbonyl (C=O) groups is 1. The number of aromatic nitrogens is 3. The number of halogens is 1. The minimum absolute atomic E-state index is 0.105. The van der Waals surface area contributed by atoms with Crippen LogP contribution in [0, 0.1) is 5.95 Å². The standard InChI is InChI=1S/C14H9FN4O/c15-13-10(2-1-5-18-13)14(20)19-9-3-4-11-12(8-9)17-7-6-16-11/h1-8H,(H,19,20). The minimum Gasteiger partial charge on any atom is -0.322 e. The van der Waals surface area contributed by atoms with Gasteiger partial charge in [-0.15, -0.1) is 0 Å². The molecule has 0 aliphatic carbocycles. The predicted molar refractivity (Wildman–Crippen MR) is 71.7 cm³/mol. The van der Waals surface area contributed by atoms with Gasteiger partial charge in [0.05, 0.1) is 16.6 Å². The molecule has 0 atom stereocenters. The number of hydrogen-bond donors (Lipinski definition) is 1. The molecule has 6 heteroatoms. The second kappa shape index (κ2) is 5.00. The lowest BCUT2D eigenvalue weighted by molar-refractivity contribution is 0.102. The summed E-state index contributed by atoms with van der Waals surface area (Å²) in [5, 5.41) is 2.60. The number of hydrogen-bond acceptors (Lipinski definition) is 4. The maximum Gasteiger partial charge on any atom is 0.260 e. The Bertz CT molecular complexity index is 791. The maximum absolute atomic E-state index is 13.4. The largest absolute Gasteiger partial charge is 0.322 e. The molecule has 0 fully saturated rings. The Morgan fingerprint density at radius 1 is 1.00 bits per heavy atom. The lowest BCUT2D eigenvalue weighted by Gasteiger charge is -2.06. The van der Waals surface area contributed by atoms with E-state index in [2.05, 4.69) is 20.3 Å².